The monoisotopic (exact) mass is 317 g/mol. The summed E-state index contributed by atoms with van der Waals surface area (Å²) in [7, 11) is 1.33. The van der Waals surface area contributed by atoms with Gasteiger partial charge < -0.3 is 20.3 Å². The molecule has 0 spiro atoms. The van der Waals surface area contributed by atoms with Crippen LogP contribution in [0.1, 0.15) is 25.5 Å². The molecule has 1 aromatic carbocycles. The van der Waals surface area contributed by atoms with Crippen molar-refractivity contribution in [1.29, 1.82) is 0 Å². The second kappa shape index (κ2) is 7.17. The molecule has 124 valence electrons. The minimum Gasteiger partial charge on any atom is -0.468 e. The van der Waals surface area contributed by atoms with Gasteiger partial charge >= 0.3 is 12.0 Å². The summed E-state index contributed by atoms with van der Waals surface area (Å²) in [6.45, 7) is 9.82. The average Bonchev–Trinajstić information content (AvgIpc) is 2.55. The van der Waals surface area contributed by atoms with E-state index in [4.69, 9.17) is 4.74 Å². The molecule has 0 radical (unpaired) electrons. The van der Waals surface area contributed by atoms with Crippen LogP contribution in [0.2, 0.25) is 0 Å². The van der Waals surface area contributed by atoms with Crippen molar-refractivity contribution in [3.8, 4) is 0 Å². The number of hydrogen-bond acceptors (Lipinski definition) is 4. The van der Waals surface area contributed by atoms with E-state index in [0.29, 0.717) is 5.70 Å². The minimum atomic E-state index is -0.656. The molecular formula is C17H23N3O3. The number of carbonyl (C=O) groups is 2. The standard InChI is InChI=1S/C17H23N3O3/c1-5-20(6-2)13-9-7-12(8-10-13)15-14(16(21)23-4)11(3)18-17(22)19-15/h7-10,14-15H,3,5-6H2,1-2,4H3,(H2,18,19,22). The SMILES string of the molecule is C=C1NC(=O)NC(c2ccc(N(CC)CC)cc2)C1C(=O)OC. The van der Waals surface area contributed by atoms with Gasteiger partial charge in [-0.15, -0.1) is 0 Å². The quantitative estimate of drug-likeness (QED) is 0.817. The Balaban J connectivity index is 2.31. The molecule has 0 aliphatic carbocycles. The van der Waals surface area contributed by atoms with E-state index in [2.05, 4.69) is 36.0 Å². The van der Waals surface area contributed by atoms with Crippen LogP contribution >= 0.6 is 0 Å². The van der Waals surface area contributed by atoms with Gasteiger partial charge in [0.15, 0.2) is 0 Å². The van der Waals surface area contributed by atoms with Crippen LogP contribution in [0.3, 0.4) is 0 Å². The Bertz CT molecular complexity index is 594. The summed E-state index contributed by atoms with van der Waals surface area (Å²) in [5.74, 6) is -1.09. The molecule has 0 bridgehead atoms. The van der Waals surface area contributed by atoms with Gasteiger partial charge in [-0.3, -0.25) is 4.79 Å². The molecule has 1 aliphatic rings. The maximum atomic E-state index is 12.1. The van der Waals surface area contributed by atoms with Gasteiger partial charge in [-0.25, -0.2) is 4.79 Å². The van der Waals surface area contributed by atoms with Crippen molar-refractivity contribution >= 4 is 17.7 Å². The predicted octanol–water partition coefficient (Wildman–Crippen LogP) is 2.19. The van der Waals surface area contributed by atoms with Crippen molar-refractivity contribution in [2.24, 2.45) is 5.92 Å². The highest BCUT2D eigenvalue weighted by atomic mass is 16.5. The third kappa shape index (κ3) is 3.47. The van der Waals surface area contributed by atoms with Crippen molar-refractivity contribution in [3.63, 3.8) is 0 Å². The number of rotatable bonds is 5. The Morgan fingerprint density at radius 3 is 2.39 bits per heavy atom. The van der Waals surface area contributed by atoms with Gasteiger partial charge in [-0.05, 0) is 31.5 Å². The van der Waals surface area contributed by atoms with E-state index in [1.165, 1.54) is 7.11 Å². The van der Waals surface area contributed by atoms with Gasteiger partial charge in [-0.1, -0.05) is 18.7 Å². The number of carbonyl (C=O) groups excluding carboxylic acids is 2. The van der Waals surface area contributed by atoms with Crippen LogP contribution < -0.4 is 15.5 Å². The van der Waals surface area contributed by atoms with Gasteiger partial charge in [0.1, 0.15) is 5.92 Å². The Morgan fingerprint density at radius 2 is 1.87 bits per heavy atom. The number of hydrogen-bond donors (Lipinski definition) is 2. The molecule has 1 heterocycles. The first-order valence-electron chi connectivity index (χ1n) is 7.70. The van der Waals surface area contributed by atoms with E-state index in [1.807, 2.05) is 24.3 Å². The number of esters is 1. The number of nitrogens with one attached hydrogen (secondary N) is 2. The third-order valence-corrected chi connectivity index (χ3v) is 4.11. The number of benzene rings is 1. The summed E-state index contributed by atoms with van der Waals surface area (Å²) in [5.41, 5.74) is 2.29. The van der Waals surface area contributed by atoms with Gasteiger partial charge in [0.25, 0.3) is 0 Å². The van der Waals surface area contributed by atoms with E-state index < -0.39 is 17.9 Å². The van der Waals surface area contributed by atoms with Crippen LogP contribution in [0.25, 0.3) is 0 Å². The molecule has 2 atom stereocenters. The van der Waals surface area contributed by atoms with Crippen LogP contribution in [-0.4, -0.2) is 32.2 Å². The number of anilines is 1. The normalized spacial score (nSPS) is 20.5. The van der Waals surface area contributed by atoms with E-state index in [0.717, 1.165) is 24.3 Å². The molecule has 1 fully saturated rings. The highest BCUT2D eigenvalue weighted by Gasteiger charge is 2.38. The van der Waals surface area contributed by atoms with Crippen LogP contribution in [0, 0.1) is 5.92 Å². The highest BCUT2D eigenvalue weighted by molar-refractivity contribution is 5.85. The van der Waals surface area contributed by atoms with E-state index in [-0.39, 0.29) is 6.03 Å². The first-order chi connectivity index (χ1) is 11.0. The zero-order valence-electron chi connectivity index (χ0n) is 13.8. The molecule has 0 saturated carbocycles. The first-order valence-corrected chi connectivity index (χ1v) is 7.70. The smallest absolute Gasteiger partial charge is 0.319 e. The molecule has 2 amide bonds. The van der Waals surface area contributed by atoms with Gasteiger partial charge in [0.2, 0.25) is 0 Å². The largest absolute Gasteiger partial charge is 0.468 e. The number of nitrogens with zero attached hydrogens (tertiary/aromatic N) is 1. The molecule has 2 rings (SSSR count). The van der Waals surface area contributed by atoms with E-state index in [1.54, 1.807) is 0 Å². The summed E-state index contributed by atoms with van der Waals surface area (Å²) >= 11 is 0. The fourth-order valence-electron chi connectivity index (χ4n) is 2.85. The van der Waals surface area contributed by atoms with Gasteiger partial charge in [-0.2, -0.15) is 0 Å². The van der Waals surface area contributed by atoms with Crippen molar-refractivity contribution in [3.05, 3.63) is 42.1 Å². The van der Waals surface area contributed by atoms with Crippen molar-refractivity contribution in [1.82, 2.24) is 10.6 Å². The van der Waals surface area contributed by atoms with Crippen molar-refractivity contribution < 1.29 is 14.3 Å². The summed E-state index contributed by atoms with van der Waals surface area (Å²) in [6.07, 6.45) is 0. The lowest BCUT2D eigenvalue weighted by molar-refractivity contribution is -0.145. The molecule has 2 unspecified atom stereocenters. The Hall–Kier alpha value is -2.50. The molecular weight excluding hydrogens is 294 g/mol. The van der Waals surface area contributed by atoms with E-state index >= 15 is 0 Å². The highest BCUT2D eigenvalue weighted by Crippen LogP contribution is 2.31. The zero-order valence-corrected chi connectivity index (χ0v) is 13.8. The molecule has 0 aromatic heterocycles. The topological polar surface area (TPSA) is 70.7 Å². The lowest BCUT2D eigenvalue weighted by Gasteiger charge is -2.33. The van der Waals surface area contributed by atoms with Crippen LogP contribution in [0.5, 0.6) is 0 Å². The Morgan fingerprint density at radius 1 is 1.26 bits per heavy atom. The van der Waals surface area contributed by atoms with Gasteiger partial charge in [0.05, 0.1) is 13.2 Å². The molecule has 23 heavy (non-hydrogen) atoms. The summed E-state index contributed by atoms with van der Waals surface area (Å²) in [4.78, 5) is 26.0. The molecule has 6 nitrogen and oxygen atoms in total. The molecule has 2 N–H and O–H groups in total. The number of amides is 2. The van der Waals surface area contributed by atoms with Crippen molar-refractivity contribution in [2.45, 2.75) is 19.9 Å². The third-order valence-electron chi connectivity index (χ3n) is 4.11. The van der Waals surface area contributed by atoms with Gasteiger partial charge in [0, 0.05) is 24.5 Å². The molecule has 1 aromatic rings. The fourth-order valence-corrected chi connectivity index (χ4v) is 2.85. The molecule has 6 heteroatoms. The van der Waals surface area contributed by atoms with Crippen LogP contribution in [-0.2, 0) is 9.53 Å². The fraction of sp³-hybridized carbons (Fsp3) is 0.412. The number of urea groups is 1. The van der Waals surface area contributed by atoms with Crippen molar-refractivity contribution in [2.75, 3.05) is 25.1 Å². The maximum Gasteiger partial charge on any atom is 0.319 e. The van der Waals surface area contributed by atoms with E-state index in [9.17, 15) is 9.59 Å². The second-order valence-corrected chi connectivity index (χ2v) is 5.37. The Labute approximate surface area is 136 Å². The Kier molecular flexibility index (Phi) is 5.26. The average molecular weight is 317 g/mol. The zero-order chi connectivity index (χ0) is 17.0. The predicted molar refractivity (Wildman–Crippen MR) is 89.1 cm³/mol. The molecule has 1 saturated heterocycles. The lowest BCUT2D eigenvalue weighted by Crippen LogP contribution is -2.51. The first kappa shape index (κ1) is 16.9. The van der Waals surface area contributed by atoms with Crippen LogP contribution in [0.15, 0.2) is 36.5 Å². The second-order valence-electron chi connectivity index (χ2n) is 5.37. The number of ether oxygens (including phenoxy) is 1. The lowest BCUT2D eigenvalue weighted by atomic mass is 9.89. The summed E-state index contributed by atoms with van der Waals surface area (Å²) < 4.78 is 4.84. The van der Waals surface area contributed by atoms with Crippen LogP contribution in [0.4, 0.5) is 10.5 Å². The maximum absolute atomic E-state index is 12.1. The summed E-state index contributed by atoms with van der Waals surface area (Å²) in [5, 5.41) is 5.32. The minimum absolute atomic E-state index is 0.346. The number of methoxy groups -OCH3 is 1. The molecule has 1 aliphatic heterocycles. The summed E-state index contributed by atoms with van der Waals surface area (Å²) in [6, 6.07) is 6.98.